The highest BCUT2D eigenvalue weighted by Gasteiger charge is 2.40. The second-order valence-corrected chi connectivity index (χ2v) is 6.90. The summed E-state index contributed by atoms with van der Waals surface area (Å²) in [5.41, 5.74) is 2.56. The van der Waals surface area contributed by atoms with Crippen LogP contribution < -0.4 is 10.1 Å². The molecule has 2 aromatic carbocycles. The lowest BCUT2D eigenvalue weighted by molar-refractivity contribution is -0.384. The number of carbonyl (C=O) groups is 1. The summed E-state index contributed by atoms with van der Waals surface area (Å²) in [5, 5.41) is 15.9. The molecule has 27 heavy (non-hydrogen) atoms. The average molecular weight is 381 g/mol. The van der Waals surface area contributed by atoms with Crippen LogP contribution in [0, 0.1) is 10.1 Å². The van der Waals surface area contributed by atoms with E-state index in [2.05, 4.69) is 5.32 Å². The molecule has 2 heterocycles. The molecule has 7 nitrogen and oxygen atoms in total. The van der Waals surface area contributed by atoms with E-state index < -0.39 is 4.92 Å². The van der Waals surface area contributed by atoms with Crippen LogP contribution in [-0.4, -0.2) is 28.3 Å². The molecular formula is C19H15N3O4S. The Morgan fingerprint density at radius 3 is 2.74 bits per heavy atom. The molecule has 0 bridgehead atoms. The molecule has 1 fully saturated rings. The first-order valence-electron chi connectivity index (χ1n) is 8.13. The van der Waals surface area contributed by atoms with Crippen LogP contribution in [0.2, 0.25) is 0 Å². The minimum Gasteiger partial charge on any atom is -0.497 e. The van der Waals surface area contributed by atoms with Gasteiger partial charge in [0.15, 0.2) is 5.50 Å². The molecule has 1 amide bonds. The number of fused-ring (bicyclic) bond motifs is 1. The summed E-state index contributed by atoms with van der Waals surface area (Å²) in [6.07, 6.45) is 1.80. The number of nitro benzene ring substituents is 1. The van der Waals surface area contributed by atoms with Crippen molar-refractivity contribution < 1.29 is 14.5 Å². The predicted molar refractivity (Wildman–Crippen MR) is 103 cm³/mol. The van der Waals surface area contributed by atoms with Crippen LogP contribution in [0.1, 0.15) is 11.1 Å². The second kappa shape index (κ2) is 6.81. The maximum Gasteiger partial charge on any atom is 0.270 e. The Morgan fingerprint density at radius 2 is 2.04 bits per heavy atom. The van der Waals surface area contributed by atoms with E-state index in [-0.39, 0.29) is 17.1 Å². The fourth-order valence-corrected chi connectivity index (χ4v) is 4.03. The number of nitrogens with zero attached hydrogens (tertiary/aromatic N) is 2. The van der Waals surface area contributed by atoms with E-state index in [1.807, 2.05) is 34.6 Å². The van der Waals surface area contributed by atoms with E-state index in [1.165, 1.54) is 23.9 Å². The molecule has 0 aromatic heterocycles. The molecule has 0 radical (unpaired) electrons. The van der Waals surface area contributed by atoms with E-state index in [9.17, 15) is 14.9 Å². The maximum absolute atomic E-state index is 12.5. The highest BCUT2D eigenvalue weighted by molar-refractivity contribution is 8.03. The normalized spacial score (nSPS) is 19.7. The van der Waals surface area contributed by atoms with Crippen molar-refractivity contribution >= 4 is 35.1 Å². The molecule has 4 rings (SSSR count). The molecule has 2 aliphatic rings. The number of ether oxygens (including phenoxy) is 1. The van der Waals surface area contributed by atoms with E-state index >= 15 is 0 Å². The molecular weight excluding hydrogens is 366 g/mol. The van der Waals surface area contributed by atoms with Crippen molar-refractivity contribution in [3.8, 4) is 5.75 Å². The van der Waals surface area contributed by atoms with E-state index in [0.29, 0.717) is 11.3 Å². The summed E-state index contributed by atoms with van der Waals surface area (Å²) in [4.78, 5) is 25.0. The number of thioether (sulfide) groups is 1. The Morgan fingerprint density at radius 1 is 1.26 bits per heavy atom. The van der Waals surface area contributed by atoms with Crippen molar-refractivity contribution in [2.75, 3.05) is 7.11 Å². The van der Waals surface area contributed by atoms with Crippen LogP contribution in [0.4, 0.5) is 5.69 Å². The van der Waals surface area contributed by atoms with Crippen molar-refractivity contribution in [2.45, 2.75) is 5.50 Å². The lowest BCUT2D eigenvalue weighted by Gasteiger charge is -2.21. The summed E-state index contributed by atoms with van der Waals surface area (Å²) in [5.74, 6) is 0.555. The molecule has 2 aromatic rings. The van der Waals surface area contributed by atoms with Crippen molar-refractivity contribution in [1.82, 2.24) is 10.2 Å². The van der Waals surface area contributed by atoms with Gasteiger partial charge in [0, 0.05) is 17.7 Å². The van der Waals surface area contributed by atoms with Gasteiger partial charge in [-0.3, -0.25) is 14.9 Å². The van der Waals surface area contributed by atoms with E-state index in [1.54, 1.807) is 25.3 Å². The standard InChI is InChI=1S/C19H15N3O4S/c1-26-15-7-5-12(6-8-15)9-16-18(23)20-19-21(16)17(11-27-19)13-3-2-4-14(10-13)22(24)25/h2-11,19H,1H3,(H,20,23)/b16-9-. The van der Waals surface area contributed by atoms with Gasteiger partial charge in [0.25, 0.3) is 11.6 Å². The zero-order valence-corrected chi connectivity index (χ0v) is 15.1. The summed E-state index contributed by atoms with van der Waals surface area (Å²) in [7, 11) is 1.60. The molecule has 0 aliphatic carbocycles. The summed E-state index contributed by atoms with van der Waals surface area (Å²) in [6, 6.07) is 13.8. The molecule has 0 saturated carbocycles. The highest BCUT2D eigenvalue weighted by atomic mass is 32.2. The number of nitrogens with one attached hydrogen (secondary N) is 1. The SMILES string of the molecule is COc1ccc(/C=C2/C(=O)NC3SC=C(c4cccc([N+](=O)[O-])c4)N23)cc1. The molecule has 2 aliphatic heterocycles. The largest absolute Gasteiger partial charge is 0.497 e. The van der Waals surface area contributed by atoms with Crippen LogP contribution in [0.5, 0.6) is 5.75 Å². The van der Waals surface area contributed by atoms with Crippen LogP contribution in [0.25, 0.3) is 11.8 Å². The van der Waals surface area contributed by atoms with E-state index in [4.69, 9.17) is 4.74 Å². The number of non-ortho nitro benzene ring substituents is 1. The smallest absolute Gasteiger partial charge is 0.270 e. The van der Waals surface area contributed by atoms with Gasteiger partial charge in [-0.05, 0) is 29.2 Å². The Bertz CT molecular complexity index is 985. The monoisotopic (exact) mass is 381 g/mol. The maximum atomic E-state index is 12.5. The number of benzene rings is 2. The number of nitro groups is 1. The van der Waals surface area contributed by atoms with Gasteiger partial charge < -0.3 is 15.0 Å². The number of hydrogen-bond acceptors (Lipinski definition) is 6. The first kappa shape index (κ1) is 17.2. The first-order chi connectivity index (χ1) is 13.1. The van der Waals surface area contributed by atoms with Crippen molar-refractivity contribution in [1.29, 1.82) is 0 Å². The molecule has 0 spiro atoms. The Labute approximate surface area is 159 Å². The molecule has 1 unspecified atom stereocenters. The zero-order valence-electron chi connectivity index (χ0n) is 14.3. The number of hydrogen-bond donors (Lipinski definition) is 1. The third-order valence-corrected chi connectivity index (χ3v) is 5.27. The van der Waals surface area contributed by atoms with Gasteiger partial charge in [-0.15, -0.1) is 0 Å². The lowest BCUT2D eigenvalue weighted by Crippen LogP contribution is -2.27. The molecule has 1 N–H and O–H groups in total. The fourth-order valence-electron chi connectivity index (χ4n) is 3.00. The summed E-state index contributed by atoms with van der Waals surface area (Å²) < 4.78 is 5.16. The van der Waals surface area contributed by atoms with Crippen molar-refractivity contribution in [2.24, 2.45) is 0 Å². The van der Waals surface area contributed by atoms with Crippen LogP contribution in [0.3, 0.4) is 0 Å². The minimum absolute atomic E-state index is 0.0148. The Kier molecular flexibility index (Phi) is 4.33. The molecule has 8 heteroatoms. The number of rotatable bonds is 4. The Balaban J connectivity index is 1.70. The molecule has 136 valence electrons. The average Bonchev–Trinajstić information content (AvgIpc) is 3.22. The number of carbonyl (C=O) groups excluding carboxylic acids is 1. The fraction of sp³-hybridized carbons (Fsp3) is 0.105. The topological polar surface area (TPSA) is 84.7 Å². The first-order valence-corrected chi connectivity index (χ1v) is 9.07. The van der Waals surface area contributed by atoms with Gasteiger partial charge in [0.1, 0.15) is 11.4 Å². The third-order valence-electron chi connectivity index (χ3n) is 4.32. The summed E-state index contributed by atoms with van der Waals surface area (Å²) >= 11 is 1.46. The highest BCUT2D eigenvalue weighted by Crippen LogP contribution is 2.42. The molecule has 1 saturated heterocycles. The number of amides is 1. The second-order valence-electron chi connectivity index (χ2n) is 5.95. The zero-order chi connectivity index (χ0) is 19.0. The van der Waals surface area contributed by atoms with Gasteiger partial charge in [-0.1, -0.05) is 36.0 Å². The van der Waals surface area contributed by atoms with Crippen LogP contribution >= 0.6 is 11.8 Å². The minimum atomic E-state index is -0.425. The van der Waals surface area contributed by atoms with Gasteiger partial charge in [-0.2, -0.15) is 0 Å². The van der Waals surface area contributed by atoms with Crippen LogP contribution in [-0.2, 0) is 4.79 Å². The van der Waals surface area contributed by atoms with Crippen LogP contribution in [0.15, 0.2) is 59.6 Å². The lowest BCUT2D eigenvalue weighted by atomic mass is 10.1. The van der Waals surface area contributed by atoms with E-state index in [0.717, 1.165) is 17.0 Å². The van der Waals surface area contributed by atoms with Gasteiger partial charge >= 0.3 is 0 Å². The number of methoxy groups -OCH3 is 1. The van der Waals surface area contributed by atoms with Gasteiger partial charge in [0.05, 0.1) is 17.7 Å². The van der Waals surface area contributed by atoms with Crippen molar-refractivity contribution in [3.05, 3.63) is 80.9 Å². The van der Waals surface area contributed by atoms with Gasteiger partial charge in [-0.25, -0.2) is 0 Å². The quantitative estimate of drug-likeness (QED) is 0.496. The predicted octanol–water partition coefficient (Wildman–Crippen LogP) is 3.41. The summed E-state index contributed by atoms with van der Waals surface area (Å²) in [6.45, 7) is 0. The van der Waals surface area contributed by atoms with Gasteiger partial charge in [0.2, 0.25) is 0 Å². The van der Waals surface area contributed by atoms with Crippen molar-refractivity contribution in [3.63, 3.8) is 0 Å². The third kappa shape index (κ3) is 3.15. The molecule has 1 atom stereocenters. The Hall–Kier alpha value is -3.26.